The van der Waals surface area contributed by atoms with Crippen molar-refractivity contribution < 1.29 is 0 Å². The van der Waals surface area contributed by atoms with Crippen LogP contribution in [-0.2, 0) is 0 Å². The Morgan fingerprint density at radius 2 is 0.381 bits per heavy atom. The number of nitrogens with zero attached hydrogens (tertiary/aromatic N) is 15. The van der Waals surface area contributed by atoms with Crippen LogP contribution in [-0.4, -0.2) is 41.1 Å². The van der Waals surface area contributed by atoms with Gasteiger partial charge in [0.1, 0.15) is 12.1 Å². The number of benzene rings is 21. The molecule has 0 atom stereocenters. The summed E-state index contributed by atoms with van der Waals surface area (Å²) in [7, 11) is 0. The molecule has 147 heavy (non-hydrogen) atoms. The van der Waals surface area contributed by atoms with Gasteiger partial charge in [-0.15, -0.1) is 0 Å². The van der Waals surface area contributed by atoms with Crippen LogP contribution in [0.2, 0.25) is 0 Å². The Kier molecular flexibility index (Phi) is 19.0. The minimum Gasteiger partial charge on any atom is -0.309 e. The number of fused-ring (bicyclic) bond motifs is 33. The standard InChI is InChI=1S/3C44H25N5/c45-26-28-12-11-17-32(24-28)47-37-20-9-7-18-34(37)40-39(47)23-22-33-36-25-29(27-46)42-41(44(36)49(43(33)40)31-15-5-2-6-16-31)35-19-8-10-21-38(35)48(42)30-13-3-1-4-14-30;45-26-28-19-22-38-35(25-28)42-39(47(38)30-12-3-1-4-13-30)23-20-33-32-21-24-40-41(43(32)48(44(33)42)31-14-5-2-6-15-31)34-16-8-10-18-37(34)49(40)36-17-9-7-11-29(36)27-46;45-26-28-10-9-15-32(24-28)49-43-33(19-22-39-41(43)35-16-7-8-17-37(35)47(39)30-11-3-1-4-12-30)34-20-23-40-42(44(34)49)36-25-29(27-46)18-21-38(36)48(40)31-13-5-2-6-14-31/h3*1-25H. The topological polar surface area (TPSA) is 187 Å². The molecule has 0 fully saturated rings. The van der Waals surface area contributed by atoms with E-state index in [1.165, 1.54) is 0 Å². The average molecular weight is 1870 g/mol. The van der Waals surface area contributed by atoms with E-state index in [0.29, 0.717) is 33.4 Å². The second-order valence-electron chi connectivity index (χ2n) is 37.2. The lowest BCUT2D eigenvalue weighted by atomic mass is 10.0. The highest BCUT2D eigenvalue weighted by atomic mass is 15.1. The first kappa shape index (κ1) is 83.9. The molecule has 30 rings (SSSR count). The van der Waals surface area contributed by atoms with Crippen molar-refractivity contribution in [2.75, 3.05) is 0 Å². The Balaban J connectivity index is 0.000000107. The van der Waals surface area contributed by atoms with Crippen LogP contribution in [0.15, 0.2) is 455 Å². The molecule has 0 unspecified atom stereocenters. The molecule has 30 aromatic rings. The zero-order chi connectivity index (χ0) is 97.9. The minimum atomic E-state index is 0.594. The SMILES string of the molecule is N#Cc1ccc2c(c1)c1c(ccc3c4ccc5c(c6ccccc6n5-c5ccccc5C#N)c4n(-c4ccccc4)c31)n2-c1ccccc1.N#Cc1cccc(-n2c3c(ccc4c3c3ccccc3n4-c3ccccc3)c3ccc4c(c5cc(C#N)ccc5n4-c4ccccc4)c32)c1.N#Cc1cccc(-n2c3ccccc3c3c2ccc2c4cc(C#N)c5c(c6ccccc6n5-c5ccccc5)c4n(-c4ccccc4)c23)c1. The number of nitriles is 6. The molecule has 0 aliphatic heterocycles. The minimum absolute atomic E-state index is 0.594. The third-order valence-corrected chi connectivity index (χ3v) is 29.6. The Bertz CT molecular complexity index is 11200. The molecule has 0 radical (unpaired) electrons. The van der Waals surface area contributed by atoms with Crippen LogP contribution in [0, 0.1) is 68.0 Å². The van der Waals surface area contributed by atoms with Crippen LogP contribution in [0.1, 0.15) is 33.4 Å². The highest BCUT2D eigenvalue weighted by molar-refractivity contribution is 6.36. The summed E-state index contributed by atoms with van der Waals surface area (Å²) in [6, 6.07) is 171. The smallest absolute Gasteiger partial charge is 0.101 e. The van der Waals surface area contributed by atoms with Crippen LogP contribution in [0.3, 0.4) is 0 Å². The van der Waals surface area contributed by atoms with Gasteiger partial charge in [-0.2, -0.15) is 31.6 Å². The van der Waals surface area contributed by atoms with Gasteiger partial charge in [0.15, 0.2) is 0 Å². The van der Waals surface area contributed by atoms with Crippen molar-refractivity contribution in [2.24, 2.45) is 0 Å². The lowest BCUT2D eigenvalue weighted by Gasteiger charge is -2.12. The van der Waals surface area contributed by atoms with Crippen LogP contribution in [0.4, 0.5) is 0 Å². The van der Waals surface area contributed by atoms with Crippen molar-refractivity contribution in [3.63, 3.8) is 0 Å². The zero-order valence-corrected chi connectivity index (χ0v) is 78.5. The Morgan fingerprint density at radius 3 is 0.755 bits per heavy atom. The Labute approximate surface area is 839 Å². The summed E-state index contributed by atoms with van der Waals surface area (Å²) >= 11 is 0. The molecule has 9 aromatic heterocycles. The van der Waals surface area contributed by atoms with Gasteiger partial charge >= 0.3 is 0 Å². The Hall–Kier alpha value is -21.2. The first-order valence-corrected chi connectivity index (χ1v) is 48.7. The van der Waals surface area contributed by atoms with E-state index in [0.717, 1.165) is 247 Å². The third kappa shape index (κ3) is 12.4. The second-order valence-corrected chi connectivity index (χ2v) is 37.2. The number of aromatic nitrogens is 9. The summed E-state index contributed by atoms with van der Waals surface area (Å²) in [5, 5.41) is 80.5. The van der Waals surface area contributed by atoms with Gasteiger partial charge in [-0.05, 0) is 218 Å². The third-order valence-electron chi connectivity index (χ3n) is 29.6. The summed E-state index contributed by atoms with van der Waals surface area (Å²) in [4.78, 5) is 0. The fourth-order valence-electron chi connectivity index (χ4n) is 23.8. The maximum absolute atomic E-state index is 10.8. The second kappa shape index (κ2) is 33.2. The maximum atomic E-state index is 10.8. The molecule has 0 aliphatic carbocycles. The number of hydrogen-bond acceptors (Lipinski definition) is 6. The Morgan fingerprint density at radius 1 is 0.129 bits per heavy atom. The molecular weight excluding hydrogens is 1800 g/mol. The van der Waals surface area contributed by atoms with Gasteiger partial charge in [0.25, 0.3) is 0 Å². The zero-order valence-electron chi connectivity index (χ0n) is 78.5. The lowest BCUT2D eigenvalue weighted by Crippen LogP contribution is -1.97. The molecule has 15 nitrogen and oxygen atoms in total. The van der Waals surface area contributed by atoms with Gasteiger partial charge in [-0.25, -0.2) is 0 Å². The summed E-state index contributed by atoms with van der Waals surface area (Å²) < 4.78 is 20.8. The van der Waals surface area contributed by atoms with E-state index in [9.17, 15) is 31.6 Å². The van der Waals surface area contributed by atoms with Crippen LogP contribution in [0.25, 0.3) is 247 Å². The molecule has 15 heteroatoms. The normalized spacial score (nSPS) is 11.6. The molecule has 0 bridgehead atoms. The largest absolute Gasteiger partial charge is 0.309 e. The molecule has 0 saturated carbocycles. The number of hydrogen-bond donors (Lipinski definition) is 0. The van der Waals surface area contributed by atoms with Crippen LogP contribution in [0.5, 0.6) is 0 Å². The fraction of sp³-hybridized carbons (Fsp3) is 0. The average Bonchev–Trinajstić information content (AvgIpc) is 1.53. The van der Waals surface area contributed by atoms with Crippen molar-refractivity contribution in [3.05, 3.63) is 488 Å². The predicted molar refractivity (Wildman–Crippen MR) is 597 cm³/mol. The van der Waals surface area contributed by atoms with E-state index < -0.39 is 0 Å². The molecule has 0 aliphatic rings. The van der Waals surface area contributed by atoms with E-state index in [1.807, 2.05) is 133 Å². The van der Waals surface area contributed by atoms with E-state index in [2.05, 4.69) is 399 Å². The van der Waals surface area contributed by atoms with E-state index in [1.54, 1.807) is 0 Å². The highest BCUT2D eigenvalue weighted by Crippen LogP contribution is 2.53. The first-order chi connectivity index (χ1) is 72.8. The van der Waals surface area contributed by atoms with Crippen LogP contribution >= 0.6 is 0 Å². The highest BCUT2D eigenvalue weighted by Gasteiger charge is 2.32. The van der Waals surface area contributed by atoms with Gasteiger partial charge in [0.05, 0.1) is 163 Å². The molecule has 0 spiro atoms. The molecule has 21 aromatic carbocycles. The molecule has 0 amide bonds. The van der Waals surface area contributed by atoms with Crippen LogP contribution < -0.4 is 0 Å². The van der Waals surface area contributed by atoms with Crippen molar-refractivity contribution in [2.45, 2.75) is 0 Å². The quantitative estimate of drug-likeness (QED) is 0.138. The monoisotopic (exact) mass is 1870 g/mol. The van der Waals surface area contributed by atoms with Gasteiger partial charge < -0.3 is 41.1 Å². The van der Waals surface area contributed by atoms with Gasteiger partial charge in [0.2, 0.25) is 0 Å². The molecular formula is C132H75N15. The maximum Gasteiger partial charge on any atom is 0.101 e. The van der Waals surface area contributed by atoms with Gasteiger partial charge in [-0.3, -0.25) is 0 Å². The summed E-state index contributed by atoms with van der Waals surface area (Å²) in [6.45, 7) is 0. The van der Waals surface area contributed by atoms with Crippen molar-refractivity contribution in [3.8, 4) is 87.6 Å². The fourth-order valence-corrected chi connectivity index (χ4v) is 23.8. The molecule has 0 N–H and O–H groups in total. The summed E-state index contributed by atoms with van der Waals surface area (Å²) in [6.07, 6.45) is 0. The number of para-hydroxylation sites is 11. The molecule has 678 valence electrons. The number of rotatable bonds is 9. The predicted octanol–water partition coefficient (Wildman–Crippen LogP) is 32.2. The van der Waals surface area contributed by atoms with Crippen molar-refractivity contribution >= 4 is 196 Å². The van der Waals surface area contributed by atoms with E-state index >= 15 is 0 Å². The molecule has 0 saturated heterocycles. The van der Waals surface area contributed by atoms with Gasteiger partial charge in [0, 0.05) is 142 Å². The molecule has 9 heterocycles. The summed E-state index contributed by atoms with van der Waals surface area (Å²) in [5.41, 5.74) is 31.8. The van der Waals surface area contributed by atoms with Crippen molar-refractivity contribution in [1.82, 2.24) is 41.1 Å². The lowest BCUT2D eigenvalue weighted by molar-refractivity contribution is 1.16. The van der Waals surface area contributed by atoms with E-state index in [4.69, 9.17) is 0 Å². The summed E-state index contributed by atoms with van der Waals surface area (Å²) in [5.74, 6) is 0. The van der Waals surface area contributed by atoms with Gasteiger partial charge in [-0.1, -0.05) is 237 Å². The van der Waals surface area contributed by atoms with Crippen molar-refractivity contribution in [1.29, 1.82) is 31.6 Å². The van der Waals surface area contributed by atoms with E-state index in [-0.39, 0.29) is 0 Å². The first-order valence-electron chi connectivity index (χ1n) is 48.7.